The third kappa shape index (κ3) is 8.62. The molecule has 1 heterocycles. The van der Waals surface area contributed by atoms with Crippen LogP contribution in [0.15, 0.2) is 46.9 Å². The summed E-state index contributed by atoms with van der Waals surface area (Å²) in [7, 11) is -3.67. The molecule has 0 saturated carbocycles. The number of aliphatic hydroxyl groups is 1. The molecule has 37 heavy (non-hydrogen) atoms. The van der Waals surface area contributed by atoms with Crippen LogP contribution in [0.3, 0.4) is 0 Å². The number of halogens is 2. The molecule has 12 heteroatoms. The Morgan fingerprint density at radius 3 is 2.43 bits per heavy atom. The molecular formula is C25H30F2N4O5S. The van der Waals surface area contributed by atoms with Crippen molar-refractivity contribution in [3.05, 3.63) is 82.4 Å². The zero-order valence-corrected chi connectivity index (χ0v) is 21.5. The standard InChI is InChI=1S/C25H30F2N4O5S/c1-4-16-6-5-7-17(8-16)13-28-14-22(32)21(11-18-9-19(26)12-20(27)10-18)30-23(33)25-29-15(2)24(36-25)31-37(3,34)35/h5-10,12,21-22,28,31-32H,4,11,13-14H2,1-3H3,(H,30,33)/t21-,22+/m0/s1. The second-order valence-electron chi connectivity index (χ2n) is 8.74. The third-order valence-electron chi connectivity index (χ3n) is 5.51. The lowest BCUT2D eigenvalue weighted by Gasteiger charge is -2.24. The van der Waals surface area contributed by atoms with Crippen molar-refractivity contribution in [3.8, 4) is 0 Å². The Balaban J connectivity index is 1.74. The van der Waals surface area contributed by atoms with Crippen molar-refractivity contribution in [1.82, 2.24) is 15.6 Å². The molecule has 2 atom stereocenters. The van der Waals surface area contributed by atoms with Crippen molar-refractivity contribution in [2.45, 2.75) is 45.4 Å². The largest absolute Gasteiger partial charge is 0.415 e. The average Bonchev–Trinajstić information content (AvgIpc) is 3.16. The summed E-state index contributed by atoms with van der Waals surface area (Å²) in [5.41, 5.74) is 2.54. The molecule has 0 bridgehead atoms. The minimum absolute atomic E-state index is 0.0601. The van der Waals surface area contributed by atoms with E-state index in [-0.39, 0.29) is 30.1 Å². The Morgan fingerprint density at radius 2 is 1.78 bits per heavy atom. The molecule has 1 amide bonds. The SMILES string of the molecule is CCc1cccc(CNC[C@@H](O)[C@H](Cc2cc(F)cc(F)c2)NC(=O)c2nc(C)c(NS(C)(=O)=O)o2)c1. The van der Waals surface area contributed by atoms with Gasteiger partial charge in [0, 0.05) is 19.2 Å². The number of sulfonamides is 1. The van der Waals surface area contributed by atoms with Gasteiger partial charge >= 0.3 is 5.91 Å². The van der Waals surface area contributed by atoms with Gasteiger partial charge < -0.3 is 20.2 Å². The van der Waals surface area contributed by atoms with Crippen molar-refractivity contribution < 1.29 is 31.5 Å². The van der Waals surface area contributed by atoms with Crippen molar-refractivity contribution in [2.75, 3.05) is 17.5 Å². The lowest BCUT2D eigenvalue weighted by molar-refractivity contribution is 0.0799. The van der Waals surface area contributed by atoms with E-state index in [9.17, 15) is 27.1 Å². The van der Waals surface area contributed by atoms with E-state index in [0.29, 0.717) is 6.54 Å². The molecular weight excluding hydrogens is 506 g/mol. The highest BCUT2D eigenvalue weighted by Crippen LogP contribution is 2.18. The molecule has 0 radical (unpaired) electrons. The monoisotopic (exact) mass is 536 g/mol. The lowest BCUT2D eigenvalue weighted by atomic mass is 10.0. The van der Waals surface area contributed by atoms with E-state index in [1.54, 1.807) is 0 Å². The van der Waals surface area contributed by atoms with Gasteiger partial charge in [-0.05, 0) is 48.6 Å². The molecule has 0 saturated heterocycles. The van der Waals surface area contributed by atoms with Crippen LogP contribution in [-0.2, 0) is 29.4 Å². The van der Waals surface area contributed by atoms with Crippen molar-refractivity contribution in [3.63, 3.8) is 0 Å². The third-order valence-corrected chi connectivity index (χ3v) is 6.07. The molecule has 200 valence electrons. The molecule has 3 rings (SSSR count). The predicted molar refractivity (Wildman–Crippen MR) is 135 cm³/mol. The zero-order chi connectivity index (χ0) is 27.2. The van der Waals surface area contributed by atoms with Gasteiger partial charge in [-0.1, -0.05) is 31.2 Å². The highest BCUT2D eigenvalue weighted by molar-refractivity contribution is 7.92. The van der Waals surface area contributed by atoms with Crippen molar-refractivity contribution >= 4 is 21.8 Å². The van der Waals surface area contributed by atoms with E-state index >= 15 is 0 Å². The normalized spacial score (nSPS) is 13.2. The van der Waals surface area contributed by atoms with Gasteiger partial charge in [-0.3, -0.25) is 9.52 Å². The van der Waals surface area contributed by atoms with Gasteiger partial charge in [0.2, 0.25) is 15.9 Å². The molecule has 0 aliphatic rings. The van der Waals surface area contributed by atoms with Gasteiger partial charge in [0.1, 0.15) is 17.3 Å². The van der Waals surface area contributed by atoms with Crippen LogP contribution in [0.2, 0.25) is 0 Å². The summed E-state index contributed by atoms with van der Waals surface area (Å²) in [5.74, 6) is -3.06. The Kier molecular flexibility index (Phi) is 9.35. The van der Waals surface area contributed by atoms with Crippen LogP contribution in [0, 0.1) is 18.6 Å². The maximum absolute atomic E-state index is 13.8. The van der Waals surface area contributed by atoms with Crippen LogP contribution < -0.4 is 15.4 Å². The van der Waals surface area contributed by atoms with E-state index in [1.807, 2.05) is 31.2 Å². The molecule has 1 aromatic heterocycles. The summed E-state index contributed by atoms with van der Waals surface area (Å²) in [6.45, 7) is 4.02. The van der Waals surface area contributed by atoms with Gasteiger partial charge in [0.25, 0.3) is 5.89 Å². The molecule has 0 spiro atoms. The number of nitrogens with one attached hydrogen (secondary N) is 3. The van der Waals surface area contributed by atoms with Crippen molar-refractivity contribution in [2.24, 2.45) is 0 Å². The molecule has 0 unspecified atom stereocenters. The number of carbonyl (C=O) groups is 1. The highest BCUT2D eigenvalue weighted by Gasteiger charge is 2.26. The number of amides is 1. The van der Waals surface area contributed by atoms with Gasteiger partial charge in [-0.15, -0.1) is 0 Å². The number of nitrogens with zero attached hydrogens (tertiary/aromatic N) is 1. The highest BCUT2D eigenvalue weighted by atomic mass is 32.2. The van der Waals surface area contributed by atoms with Crippen LogP contribution in [0.25, 0.3) is 0 Å². The first-order valence-corrected chi connectivity index (χ1v) is 13.5. The summed E-state index contributed by atoms with van der Waals surface area (Å²) in [6.07, 6.45) is 0.554. The van der Waals surface area contributed by atoms with E-state index in [2.05, 4.69) is 20.3 Å². The first kappa shape index (κ1) is 28.2. The number of carbonyl (C=O) groups excluding carboxylic acids is 1. The van der Waals surface area contributed by atoms with Crippen LogP contribution in [-0.4, -0.2) is 49.4 Å². The van der Waals surface area contributed by atoms with Crippen LogP contribution in [0.4, 0.5) is 14.7 Å². The quantitative estimate of drug-likeness (QED) is 0.280. The smallest absolute Gasteiger partial charge is 0.307 e. The Labute approximate surface area is 214 Å². The summed E-state index contributed by atoms with van der Waals surface area (Å²) in [6, 6.07) is 9.92. The fourth-order valence-corrected chi connectivity index (χ4v) is 4.25. The number of aromatic nitrogens is 1. The van der Waals surface area contributed by atoms with Crippen LogP contribution in [0.1, 0.15) is 40.0 Å². The van der Waals surface area contributed by atoms with Crippen LogP contribution >= 0.6 is 0 Å². The molecule has 3 aromatic rings. The number of anilines is 1. The van der Waals surface area contributed by atoms with Gasteiger partial charge in [0.15, 0.2) is 0 Å². The molecule has 9 nitrogen and oxygen atoms in total. The molecule has 0 fully saturated rings. The Bertz CT molecular complexity index is 1330. The first-order chi connectivity index (χ1) is 17.4. The van der Waals surface area contributed by atoms with Gasteiger partial charge in [-0.2, -0.15) is 0 Å². The topological polar surface area (TPSA) is 134 Å². The average molecular weight is 537 g/mol. The first-order valence-electron chi connectivity index (χ1n) is 11.6. The second-order valence-corrected chi connectivity index (χ2v) is 10.5. The summed E-state index contributed by atoms with van der Waals surface area (Å²) >= 11 is 0. The van der Waals surface area contributed by atoms with E-state index in [0.717, 1.165) is 36.4 Å². The number of benzene rings is 2. The number of aryl methyl sites for hydroxylation is 2. The number of hydrogen-bond acceptors (Lipinski definition) is 7. The Morgan fingerprint density at radius 1 is 1.11 bits per heavy atom. The number of hydrogen-bond donors (Lipinski definition) is 4. The molecule has 4 N–H and O–H groups in total. The van der Waals surface area contributed by atoms with E-state index in [1.165, 1.54) is 12.5 Å². The number of aliphatic hydroxyl groups excluding tert-OH is 1. The number of oxazole rings is 1. The van der Waals surface area contributed by atoms with Crippen LogP contribution in [0.5, 0.6) is 0 Å². The minimum Gasteiger partial charge on any atom is -0.415 e. The second kappa shape index (κ2) is 12.3. The van der Waals surface area contributed by atoms with Gasteiger partial charge in [-0.25, -0.2) is 22.2 Å². The van der Waals surface area contributed by atoms with Gasteiger partial charge in [0.05, 0.1) is 18.4 Å². The zero-order valence-electron chi connectivity index (χ0n) is 20.7. The maximum Gasteiger partial charge on any atom is 0.307 e. The molecule has 2 aromatic carbocycles. The van der Waals surface area contributed by atoms with E-state index < -0.39 is 45.6 Å². The molecule has 0 aliphatic carbocycles. The fraction of sp³-hybridized carbons (Fsp3) is 0.360. The Hall–Kier alpha value is -3.35. The number of rotatable bonds is 12. The predicted octanol–water partition coefficient (Wildman–Crippen LogP) is 2.69. The summed E-state index contributed by atoms with van der Waals surface area (Å²) in [4.78, 5) is 16.8. The molecule has 0 aliphatic heterocycles. The maximum atomic E-state index is 13.8. The van der Waals surface area contributed by atoms with E-state index in [4.69, 9.17) is 4.42 Å². The fourth-order valence-electron chi connectivity index (χ4n) is 3.72. The van der Waals surface area contributed by atoms with Crippen molar-refractivity contribution in [1.29, 1.82) is 0 Å². The lowest BCUT2D eigenvalue weighted by Crippen LogP contribution is -2.48. The summed E-state index contributed by atoms with van der Waals surface area (Å²) < 4.78 is 57.9. The summed E-state index contributed by atoms with van der Waals surface area (Å²) in [5, 5.41) is 16.6. The minimum atomic E-state index is -3.67.